The van der Waals surface area contributed by atoms with Gasteiger partial charge in [-0.3, -0.25) is 10.1 Å². The van der Waals surface area contributed by atoms with E-state index in [0.717, 1.165) is 16.0 Å². The fourth-order valence-corrected chi connectivity index (χ4v) is 6.02. The van der Waals surface area contributed by atoms with Crippen molar-refractivity contribution in [3.63, 3.8) is 0 Å². The fourth-order valence-electron chi connectivity index (χ4n) is 3.21. The van der Waals surface area contributed by atoms with Crippen LogP contribution in [0.25, 0.3) is 0 Å². The van der Waals surface area contributed by atoms with E-state index in [1.54, 1.807) is 24.3 Å². The van der Waals surface area contributed by atoms with Crippen LogP contribution < -0.4 is 10.0 Å². The number of anilines is 1. The Kier molecular flexibility index (Phi) is 8.29. The summed E-state index contributed by atoms with van der Waals surface area (Å²) in [6.45, 7) is 2.08. The second-order valence-electron chi connectivity index (χ2n) is 7.67. The van der Waals surface area contributed by atoms with Crippen LogP contribution in [0.1, 0.15) is 21.4 Å². The molecule has 180 valence electrons. The highest BCUT2D eigenvalue weighted by atomic mass is 32.2. The third kappa shape index (κ3) is 6.98. The number of nitrogens with zero attached hydrogens (tertiary/aromatic N) is 2. The molecule has 0 spiro atoms. The van der Waals surface area contributed by atoms with Gasteiger partial charge in [0.15, 0.2) is 0 Å². The van der Waals surface area contributed by atoms with Gasteiger partial charge in [-0.15, -0.1) is 22.0 Å². The van der Waals surface area contributed by atoms with Gasteiger partial charge in [0.25, 0.3) is 0 Å². The highest BCUT2D eigenvalue weighted by molar-refractivity contribution is 8.00. The molecule has 2 N–H and O–H groups in total. The standard InChI is InChI=1S/C25H24N4O3S3/c1-18-12-14-21(15-13-18)35(31,32)26-17-16-22-28-29-25(34-22)27-24(30)23(19-8-4-2-5-9-19)33-20-10-6-3-7-11-20/h2-15,23,26H,16-17H2,1H3,(H,27,29,30). The summed E-state index contributed by atoms with van der Waals surface area (Å²) >= 11 is 2.69. The van der Waals surface area contributed by atoms with Crippen LogP contribution in [-0.4, -0.2) is 31.1 Å². The molecule has 0 radical (unpaired) electrons. The number of carbonyl (C=O) groups excluding carboxylic acids is 1. The molecule has 1 aromatic heterocycles. The first-order valence-electron chi connectivity index (χ1n) is 10.9. The highest BCUT2D eigenvalue weighted by Crippen LogP contribution is 2.36. The summed E-state index contributed by atoms with van der Waals surface area (Å²) in [4.78, 5) is 14.4. The number of nitrogens with one attached hydrogen (secondary N) is 2. The fraction of sp³-hybridized carbons (Fsp3) is 0.160. The molecular formula is C25H24N4O3S3. The summed E-state index contributed by atoms with van der Waals surface area (Å²) in [5, 5.41) is 11.6. The van der Waals surface area contributed by atoms with E-state index < -0.39 is 15.3 Å². The molecule has 1 unspecified atom stereocenters. The van der Waals surface area contributed by atoms with Gasteiger partial charge in [0.05, 0.1) is 4.90 Å². The second-order valence-corrected chi connectivity index (χ2v) is 11.7. The van der Waals surface area contributed by atoms with Gasteiger partial charge in [0, 0.05) is 17.9 Å². The molecule has 0 aliphatic rings. The van der Waals surface area contributed by atoms with Gasteiger partial charge < -0.3 is 0 Å². The van der Waals surface area contributed by atoms with Gasteiger partial charge in [-0.2, -0.15) is 0 Å². The number of aryl methyl sites for hydroxylation is 1. The smallest absolute Gasteiger partial charge is 0.244 e. The molecule has 0 aliphatic carbocycles. The Labute approximate surface area is 213 Å². The second kappa shape index (κ2) is 11.6. The first-order valence-corrected chi connectivity index (χ1v) is 14.0. The molecular weight excluding hydrogens is 501 g/mol. The van der Waals surface area contributed by atoms with Crippen molar-refractivity contribution in [1.29, 1.82) is 0 Å². The Balaban J connectivity index is 1.37. The first-order chi connectivity index (χ1) is 16.9. The molecule has 1 amide bonds. The maximum absolute atomic E-state index is 13.2. The summed E-state index contributed by atoms with van der Waals surface area (Å²) < 4.78 is 27.5. The van der Waals surface area contributed by atoms with E-state index >= 15 is 0 Å². The topological polar surface area (TPSA) is 101 Å². The van der Waals surface area contributed by atoms with Crippen molar-refractivity contribution in [2.24, 2.45) is 0 Å². The lowest BCUT2D eigenvalue weighted by Crippen LogP contribution is -2.25. The van der Waals surface area contributed by atoms with E-state index in [-0.39, 0.29) is 17.3 Å². The Morgan fingerprint density at radius 2 is 1.60 bits per heavy atom. The summed E-state index contributed by atoms with van der Waals surface area (Å²) in [5.74, 6) is -0.201. The van der Waals surface area contributed by atoms with Crippen LogP contribution in [0.2, 0.25) is 0 Å². The molecule has 7 nitrogen and oxygen atoms in total. The lowest BCUT2D eigenvalue weighted by Gasteiger charge is -2.16. The van der Waals surface area contributed by atoms with Crippen molar-refractivity contribution in [3.05, 3.63) is 101 Å². The lowest BCUT2D eigenvalue weighted by atomic mass is 10.1. The number of carbonyl (C=O) groups is 1. The van der Waals surface area contributed by atoms with E-state index in [1.165, 1.54) is 23.1 Å². The van der Waals surface area contributed by atoms with E-state index in [4.69, 9.17) is 0 Å². The predicted octanol–water partition coefficient (Wildman–Crippen LogP) is 4.84. The van der Waals surface area contributed by atoms with Gasteiger partial charge in [-0.05, 0) is 36.8 Å². The number of aromatic nitrogens is 2. The zero-order valence-corrected chi connectivity index (χ0v) is 21.4. The van der Waals surface area contributed by atoms with Gasteiger partial charge in [-0.1, -0.05) is 77.6 Å². The molecule has 0 saturated heterocycles. The van der Waals surface area contributed by atoms with Gasteiger partial charge >= 0.3 is 0 Å². The van der Waals surface area contributed by atoms with Crippen LogP contribution in [0.3, 0.4) is 0 Å². The number of rotatable bonds is 10. The summed E-state index contributed by atoms with van der Waals surface area (Å²) in [5.41, 5.74) is 1.87. The van der Waals surface area contributed by atoms with Crippen LogP contribution in [0.15, 0.2) is 94.7 Å². The Morgan fingerprint density at radius 3 is 2.29 bits per heavy atom. The molecule has 3 aromatic carbocycles. The Hall–Kier alpha value is -3.05. The van der Waals surface area contributed by atoms with Crippen molar-refractivity contribution in [3.8, 4) is 0 Å². The minimum absolute atomic E-state index is 0.176. The number of sulfonamides is 1. The van der Waals surface area contributed by atoms with Crippen molar-refractivity contribution in [1.82, 2.24) is 14.9 Å². The predicted molar refractivity (Wildman–Crippen MR) is 140 cm³/mol. The lowest BCUT2D eigenvalue weighted by molar-refractivity contribution is -0.115. The molecule has 0 fully saturated rings. The molecule has 4 aromatic rings. The third-order valence-corrected chi connectivity index (χ3v) is 8.64. The molecule has 0 saturated carbocycles. The average Bonchev–Trinajstić information content (AvgIpc) is 3.30. The van der Waals surface area contributed by atoms with Crippen molar-refractivity contribution < 1.29 is 13.2 Å². The molecule has 1 heterocycles. The third-order valence-electron chi connectivity index (χ3n) is 5.00. The summed E-state index contributed by atoms with van der Waals surface area (Å²) in [7, 11) is -3.60. The molecule has 1 atom stereocenters. The Bertz CT molecular complexity index is 1360. The van der Waals surface area contributed by atoms with Crippen molar-refractivity contribution in [2.75, 3.05) is 11.9 Å². The van der Waals surface area contributed by atoms with Crippen LogP contribution in [-0.2, 0) is 21.2 Å². The maximum Gasteiger partial charge on any atom is 0.244 e. The summed E-state index contributed by atoms with van der Waals surface area (Å²) in [6, 6.07) is 26.0. The van der Waals surface area contributed by atoms with Crippen LogP contribution in [0, 0.1) is 6.92 Å². The average molecular weight is 525 g/mol. The molecule has 10 heteroatoms. The van der Waals surface area contributed by atoms with E-state index in [1.807, 2.05) is 67.6 Å². The van der Waals surface area contributed by atoms with Crippen molar-refractivity contribution >= 4 is 44.2 Å². The van der Waals surface area contributed by atoms with Crippen molar-refractivity contribution in [2.45, 2.75) is 28.4 Å². The van der Waals surface area contributed by atoms with E-state index in [0.29, 0.717) is 16.6 Å². The molecule has 0 bridgehead atoms. The zero-order chi connectivity index (χ0) is 24.7. The van der Waals surface area contributed by atoms with Gasteiger partial charge in [0.2, 0.25) is 21.1 Å². The van der Waals surface area contributed by atoms with Crippen LogP contribution in [0.4, 0.5) is 5.13 Å². The number of amides is 1. The number of thioether (sulfide) groups is 1. The quantitative estimate of drug-likeness (QED) is 0.288. The number of benzene rings is 3. The maximum atomic E-state index is 13.2. The number of hydrogen-bond donors (Lipinski definition) is 2. The van der Waals surface area contributed by atoms with Crippen LogP contribution >= 0.6 is 23.1 Å². The SMILES string of the molecule is Cc1ccc(S(=O)(=O)NCCc2nnc(NC(=O)C(Sc3ccccc3)c3ccccc3)s2)cc1. The van der Waals surface area contributed by atoms with Gasteiger partial charge in [-0.25, -0.2) is 13.1 Å². The summed E-state index contributed by atoms with van der Waals surface area (Å²) in [6.07, 6.45) is 0.361. The largest absolute Gasteiger partial charge is 0.299 e. The van der Waals surface area contributed by atoms with E-state index in [2.05, 4.69) is 20.2 Å². The number of hydrogen-bond acceptors (Lipinski definition) is 7. The zero-order valence-electron chi connectivity index (χ0n) is 18.9. The van der Waals surface area contributed by atoms with Gasteiger partial charge in [0.1, 0.15) is 10.3 Å². The molecule has 35 heavy (non-hydrogen) atoms. The minimum atomic E-state index is -3.60. The Morgan fingerprint density at radius 1 is 0.943 bits per heavy atom. The highest BCUT2D eigenvalue weighted by Gasteiger charge is 2.23. The first kappa shape index (κ1) is 25.1. The normalized spacial score (nSPS) is 12.3. The molecule has 4 rings (SSSR count). The van der Waals surface area contributed by atoms with E-state index in [9.17, 15) is 13.2 Å². The molecule has 0 aliphatic heterocycles. The minimum Gasteiger partial charge on any atom is -0.299 e. The monoisotopic (exact) mass is 524 g/mol. The van der Waals surface area contributed by atoms with Crippen LogP contribution in [0.5, 0.6) is 0 Å².